The van der Waals surface area contributed by atoms with Gasteiger partial charge in [-0.2, -0.15) is 0 Å². The first-order valence-corrected chi connectivity index (χ1v) is 5.70. The Bertz CT molecular complexity index is 326. The van der Waals surface area contributed by atoms with Crippen molar-refractivity contribution in [1.29, 1.82) is 0 Å². The molecule has 1 N–H and O–H groups in total. The highest BCUT2D eigenvalue weighted by molar-refractivity contribution is 5.34. The zero-order valence-electron chi connectivity index (χ0n) is 9.87. The Morgan fingerprint density at radius 1 is 1.44 bits per heavy atom. The van der Waals surface area contributed by atoms with Crippen molar-refractivity contribution in [3.8, 4) is 5.75 Å². The van der Waals surface area contributed by atoms with Crippen molar-refractivity contribution < 1.29 is 14.2 Å². The summed E-state index contributed by atoms with van der Waals surface area (Å²) in [4.78, 5) is 0. The van der Waals surface area contributed by atoms with Crippen LogP contribution < -0.4 is 4.74 Å². The minimum atomic E-state index is -0.407. The summed E-state index contributed by atoms with van der Waals surface area (Å²) in [6.07, 6.45) is 2.15. The normalized spacial score (nSPS) is 12.5. The van der Waals surface area contributed by atoms with Crippen molar-refractivity contribution in [3.63, 3.8) is 0 Å². The number of halogens is 1. The smallest absolute Gasteiger partial charge is 0.165 e. The second-order valence-electron chi connectivity index (χ2n) is 4.09. The van der Waals surface area contributed by atoms with E-state index in [0.717, 1.165) is 12.8 Å². The van der Waals surface area contributed by atoms with Crippen LogP contribution in [0.5, 0.6) is 5.75 Å². The van der Waals surface area contributed by atoms with E-state index >= 15 is 0 Å². The van der Waals surface area contributed by atoms with E-state index in [2.05, 4.69) is 13.8 Å². The van der Waals surface area contributed by atoms with Crippen LogP contribution in [0.4, 0.5) is 4.39 Å². The lowest BCUT2D eigenvalue weighted by Gasteiger charge is -2.14. The molecule has 0 aliphatic carbocycles. The largest absolute Gasteiger partial charge is 0.490 e. The van der Waals surface area contributed by atoms with Gasteiger partial charge in [-0.15, -0.1) is 0 Å². The van der Waals surface area contributed by atoms with Crippen LogP contribution in [0.15, 0.2) is 18.2 Å². The van der Waals surface area contributed by atoms with Crippen LogP contribution in [0.2, 0.25) is 0 Å². The first-order valence-electron chi connectivity index (χ1n) is 5.70. The van der Waals surface area contributed by atoms with Gasteiger partial charge in [0.05, 0.1) is 13.2 Å². The molecule has 1 unspecified atom stereocenters. The van der Waals surface area contributed by atoms with Crippen molar-refractivity contribution in [2.45, 2.75) is 33.3 Å². The Kier molecular flexibility index (Phi) is 5.26. The van der Waals surface area contributed by atoms with Gasteiger partial charge in [0.2, 0.25) is 0 Å². The summed E-state index contributed by atoms with van der Waals surface area (Å²) in [5, 5.41) is 9.06. The lowest BCUT2D eigenvalue weighted by molar-refractivity contribution is 0.225. The Morgan fingerprint density at radius 3 is 2.81 bits per heavy atom. The number of ether oxygens (including phenoxy) is 1. The highest BCUT2D eigenvalue weighted by Crippen LogP contribution is 2.23. The first-order chi connectivity index (χ1) is 7.69. The predicted octanol–water partition coefficient (Wildman–Crippen LogP) is 3.13. The van der Waals surface area contributed by atoms with E-state index in [1.54, 1.807) is 12.1 Å². The molecule has 0 spiro atoms. The van der Waals surface area contributed by atoms with Gasteiger partial charge in [0.1, 0.15) is 0 Å². The fourth-order valence-corrected chi connectivity index (χ4v) is 1.64. The van der Waals surface area contributed by atoms with Gasteiger partial charge in [-0.25, -0.2) is 4.39 Å². The van der Waals surface area contributed by atoms with E-state index in [1.807, 2.05) is 0 Å². The summed E-state index contributed by atoms with van der Waals surface area (Å²) in [5.74, 6) is 0.180. The number of aliphatic hydroxyl groups excluding tert-OH is 1. The van der Waals surface area contributed by atoms with Gasteiger partial charge in [-0.1, -0.05) is 32.4 Å². The van der Waals surface area contributed by atoms with Crippen LogP contribution in [0, 0.1) is 11.7 Å². The number of hydrogen-bond donors (Lipinski definition) is 1. The van der Waals surface area contributed by atoms with Crippen molar-refractivity contribution in [3.05, 3.63) is 29.6 Å². The molecular formula is C13H19FO2. The standard InChI is InChI=1S/C13H19FO2/c1-3-5-10(2)9-16-13-11(8-15)6-4-7-12(13)14/h4,6-7,10,15H,3,5,8-9H2,1-2H3. The van der Waals surface area contributed by atoms with E-state index in [9.17, 15) is 4.39 Å². The average molecular weight is 226 g/mol. The van der Waals surface area contributed by atoms with E-state index in [1.165, 1.54) is 6.07 Å². The summed E-state index contributed by atoms with van der Waals surface area (Å²) < 4.78 is 18.9. The molecule has 2 nitrogen and oxygen atoms in total. The van der Waals surface area contributed by atoms with Crippen molar-refractivity contribution >= 4 is 0 Å². The number of benzene rings is 1. The molecule has 0 aromatic heterocycles. The number of para-hydroxylation sites is 1. The molecule has 0 radical (unpaired) electrons. The number of rotatable bonds is 6. The van der Waals surface area contributed by atoms with Gasteiger partial charge < -0.3 is 9.84 Å². The second-order valence-corrected chi connectivity index (χ2v) is 4.09. The van der Waals surface area contributed by atoms with Crippen molar-refractivity contribution in [2.75, 3.05) is 6.61 Å². The van der Waals surface area contributed by atoms with E-state index in [-0.39, 0.29) is 12.4 Å². The van der Waals surface area contributed by atoms with Crippen LogP contribution in [-0.2, 0) is 6.61 Å². The van der Waals surface area contributed by atoms with Crippen LogP contribution >= 0.6 is 0 Å². The molecule has 90 valence electrons. The minimum Gasteiger partial charge on any atom is -0.490 e. The number of hydrogen-bond acceptors (Lipinski definition) is 2. The Hall–Kier alpha value is -1.09. The molecule has 0 amide bonds. The summed E-state index contributed by atoms with van der Waals surface area (Å²) in [6, 6.07) is 4.59. The van der Waals surface area contributed by atoms with Gasteiger partial charge in [-0.3, -0.25) is 0 Å². The highest BCUT2D eigenvalue weighted by Gasteiger charge is 2.10. The summed E-state index contributed by atoms with van der Waals surface area (Å²) in [5.41, 5.74) is 0.503. The van der Waals surface area contributed by atoms with E-state index in [4.69, 9.17) is 9.84 Å². The number of aliphatic hydroxyl groups is 1. The van der Waals surface area contributed by atoms with E-state index < -0.39 is 5.82 Å². The summed E-state index contributed by atoms with van der Waals surface area (Å²) in [6.45, 7) is 4.47. The minimum absolute atomic E-state index is 0.188. The molecule has 1 aromatic rings. The monoisotopic (exact) mass is 226 g/mol. The molecule has 0 bridgehead atoms. The lowest BCUT2D eigenvalue weighted by Crippen LogP contribution is -2.10. The van der Waals surface area contributed by atoms with Crippen molar-refractivity contribution in [2.24, 2.45) is 5.92 Å². The molecule has 0 saturated heterocycles. The molecule has 1 rings (SSSR count). The average Bonchev–Trinajstić information content (AvgIpc) is 2.27. The van der Waals surface area contributed by atoms with Crippen LogP contribution in [0.3, 0.4) is 0 Å². The van der Waals surface area contributed by atoms with E-state index in [0.29, 0.717) is 18.1 Å². The summed E-state index contributed by atoms with van der Waals surface area (Å²) >= 11 is 0. The molecule has 3 heteroatoms. The Balaban J connectivity index is 2.65. The molecule has 0 aliphatic rings. The third kappa shape index (κ3) is 3.49. The molecular weight excluding hydrogens is 207 g/mol. The first kappa shape index (κ1) is 13.0. The maximum atomic E-state index is 13.4. The van der Waals surface area contributed by atoms with Gasteiger partial charge >= 0.3 is 0 Å². The zero-order valence-corrected chi connectivity index (χ0v) is 9.87. The third-order valence-electron chi connectivity index (χ3n) is 2.51. The third-order valence-corrected chi connectivity index (χ3v) is 2.51. The summed E-state index contributed by atoms with van der Waals surface area (Å²) in [7, 11) is 0. The topological polar surface area (TPSA) is 29.5 Å². The highest BCUT2D eigenvalue weighted by atomic mass is 19.1. The Morgan fingerprint density at radius 2 is 2.19 bits per heavy atom. The quantitative estimate of drug-likeness (QED) is 0.807. The maximum absolute atomic E-state index is 13.4. The van der Waals surface area contributed by atoms with Gasteiger partial charge in [0, 0.05) is 5.56 Å². The van der Waals surface area contributed by atoms with Crippen LogP contribution in [0.25, 0.3) is 0 Å². The molecule has 0 aliphatic heterocycles. The molecule has 1 atom stereocenters. The predicted molar refractivity (Wildman–Crippen MR) is 61.9 cm³/mol. The molecule has 0 saturated carbocycles. The molecule has 16 heavy (non-hydrogen) atoms. The van der Waals surface area contributed by atoms with Gasteiger partial charge in [0.25, 0.3) is 0 Å². The second kappa shape index (κ2) is 6.48. The Labute approximate surface area is 96.1 Å². The SMILES string of the molecule is CCCC(C)COc1c(F)cccc1CO. The fraction of sp³-hybridized carbons (Fsp3) is 0.538. The molecule has 0 heterocycles. The molecule has 1 aromatic carbocycles. The van der Waals surface area contributed by atoms with Crippen LogP contribution in [0.1, 0.15) is 32.3 Å². The fourth-order valence-electron chi connectivity index (χ4n) is 1.64. The van der Waals surface area contributed by atoms with Crippen LogP contribution in [-0.4, -0.2) is 11.7 Å². The lowest BCUT2D eigenvalue weighted by atomic mass is 10.1. The zero-order chi connectivity index (χ0) is 12.0. The maximum Gasteiger partial charge on any atom is 0.165 e. The van der Waals surface area contributed by atoms with Gasteiger partial charge in [0.15, 0.2) is 11.6 Å². The van der Waals surface area contributed by atoms with Crippen molar-refractivity contribution in [1.82, 2.24) is 0 Å². The molecule has 0 fully saturated rings. The van der Waals surface area contributed by atoms with Gasteiger partial charge in [-0.05, 0) is 18.4 Å².